The van der Waals surface area contributed by atoms with Crippen LogP contribution in [0.2, 0.25) is 0 Å². The zero-order valence-corrected chi connectivity index (χ0v) is 18.5. The summed E-state index contributed by atoms with van der Waals surface area (Å²) in [5, 5.41) is 13.8. The molecule has 0 saturated heterocycles. The topological polar surface area (TPSA) is 71.9 Å². The van der Waals surface area contributed by atoms with E-state index in [2.05, 4.69) is 33.4 Å². The number of hydrogen-bond donors (Lipinski definition) is 2. The average molecular weight is 427 g/mol. The number of benzene rings is 2. The smallest absolute Gasteiger partial charge is 0.231 e. The first kappa shape index (κ1) is 20.8. The number of rotatable bonds is 5. The number of aromatic amines is 1. The van der Waals surface area contributed by atoms with Gasteiger partial charge < -0.3 is 10.3 Å². The summed E-state index contributed by atoms with van der Waals surface area (Å²) in [6.07, 6.45) is 7.18. The fourth-order valence-electron chi connectivity index (χ4n) is 5.52. The third kappa shape index (κ3) is 4.03. The van der Waals surface area contributed by atoms with Crippen molar-refractivity contribution in [2.75, 3.05) is 18.4 Å². The van der Waals surface area contributed by atoms with Crippen LogP contribution in [0, 0.1) is 16.7 Å². The summed E-state index contributed by atoms with van der Waals surface area (Å²) in [6.45, 7) is 2.68. The molecule has 5 nitrogen and oxygen atoms in total. The highest BCUT2D eigenvalue weighted by atomic mass is 16.2. The summed E-state index contributed by atoms with van der Waals surface area (Å²) in [6, 6.07) is 18.5. The summed E-state index contributed by atoms with van der Waals surface area (Å²) in [7, 11) is 0. The zero-order chi connectivity index (χ0) is 22.0. The average Bonchev–Trinajstić information content (AvgIpc) is 3.25. The molecule has 2 aliphatic rings. The first-order chi connectivity index (χ1) is 15.7. The van der Waals surface area contributed by atoms with E-state index in [1.165, 1.54) is 17.5 Å². The number of fused-ring (bicyclic) bond motifs is 2. The molecule has 2 N–H and O–H groups in total. The van der Waals surface area contributed by atoms with Gasteiger partial charge in [-0.15, -0.1) is 0 Å². The third-order valence-corrected chi connectivity index (χ3v) is 7.45. The van der Waals surface area contributed by atoms with E-state index in [-0.39, 0.29) is 11.3 Å². The van der Waals surface area contributed by atoms with Gasteiger partial charge in [0.15, 0.2) is 0 Å². The van der Waals surface area contributed by atoms with E-state index < -0.39 is 0 Å². The van der Waals surface area contributed by atoms with Gasteiger partial charge in [0.1, 0.15) is 5.82 Å². The number of anilines is 1. The Labute approximate surface area is 189 Å². The Hall–Kier alpha value is -3.10. The number of hydrogen-bond acceptors (Lipinski definition) is 3. The lowest BCUT2D eigenvalue weighted by Crippen LogP contribution is -2.42. The molecular formula is C27H30N4O. The molecular weight excluding hydrogens is 396 g/mol. The molecule has 32 heavy (non-hydrogen) atoms. The van der Waals surface area contributed by atoms with Gasteiger partial charge in [0.2, 0.25) is 5.91 Å². The molecule has 5 rings (SSSR count). The van der Waals surface area contributed by atoms with Crippen LogP contribution in [0.1, 0.15) is 55.2 Å². The molecule has 1 amide bonds. The quantitative estimate of drug-likeness (QED) is 0.576. The second-order valence-corrected chi connectivity index (χ2v) is 9.40. The van der Waals surface area contributed by atoms with E-state index in [4.69, 9.17) is 0 Å². The Morgan fingerprint density at radius 2 is 1.97 bits per heavy atom. The molecule has 0 radical (unpaired) electrons. The maximum Gasteiger partial charge on any atom is 0.231 e. The molecule has 0 bridgehead atoms. The van der Waals surface area contributed by atoms with Gasteiger partial charge in [-0.1, -0.05) is 49.6 Å². The van der Waals surface area contributed by atoms with Crippen LogP contribution in [0.5, 0.6) is 0 Å². The first-order valence-corrected chi connectivity index (χ1v) is 11.8. The maximum absolute atomic E-state index is 13.5. The molecule has 0 unspecified atom stereocenters. The molecule has 0 atom stereocenters. The Balaban J connectivity index is 1.30. The molecule has 1 aliphatic heterocycles. The third-order valence-electron chi connectivity index (χ3n) is 7.45. The fourth-order valence-corrected chi connectivity index (χ4v) is 5.52. The van der Waals surface area contributed by atoms with Crippen molar-refractivity contribution in [1.29, 1.82) is 5.26 Å². The molecule has 3 aromatic rings. The Kier molecular flexibility index (Phi) is 5.71. The van der Waals surface area contributed by atoms with Gasteiger partial charge in [-0.25, -0.2) is 0 Å². The van der Waals surface area contributed by atoms with Crippen LogP contribution in [-0.4, -0.2) is 28.9 Å². The normalized spacial score (nSPS) is 18.1. The minimum Gasteiger partial charge on any atom is -0.341 e. The van der Waals surface area contributed by atoms with Crippen molar-refractivity contribution in [3.8, 4) is 6.07 Å². The van der Waals surface area contributed by atoms with Crippen LogP contribution < -0.4 is 5.32 Å². The number of nitrogens with one attached hydrogen (secondary N) is 2. The van der Waals surface area contributed by atoms with E-state index in [9.17, 15) is 10.1 Å². The number of nitrogens with zero attached hydrogens (tertiary/aromatic N) is 2. The molecule has 164 valence electrons. The number of amides is 1. The molecule has 1 fully saturated rings. The van der Waals surface area contributed by atoms with Crippen LogP contribution in [0.25, 0.3) is 10.9 Å². The largest absolute Gasteiger partial charge is 0.341 e. The lowest BCUT2D eigenvalue weighted by molar-refractivity contribution is -0.128. The van der Waals surface area contributed by atoms with Crippen LogP contribution in [-0.2, 0) is 17.8 Å². The standard InChI is InChI=1S/C27H30N4O/c28-18-22-9-6-8-20-11-15-31(19-23(20)22)16-14-27(12-4-1-5-13-27)26(32)30-25-17-21-7-2-3-10-24(21)29-25/h2-3,6-10,17,29H,1,4-5,11-16,19H2,(H,30,32). The number of para-hydroxylation sites is 1. The highest BCUT2D eigenvalue weighted by Crippen LogP contribution is 2.41. The highest BCUT2D eigenvalue weighted by molar-refractivity contribution is 5.97. The molecule has 2 heterocycles. The number of carbonyl (C=O) groups is 1. The molecule has 1 saturated carbocycles. The van der Waals surface area contributed by atoms with E-state index in [0.717, 1.165) is 80.4 Å². The fraction of sp³-hybridized carbons (Fsp3) is 0.407. The summed E-state index contributed by atoms with van der Waals surface area (Å²) in [5.41, 5.74) is 3.98. The minimum atomic E-state index is -0.315. The predicted molar refractivity (Wildman–Crippen MR) is 127 cm³/mol. The van der Waals surface area contributed by atoms with Gasteiger partial charge >= 0.3 is 0 Å². The van der Waals surface area contributed by atoms with Gasteiger partial charge in [0, 0.05) is 24.0 Å². The minimum absolute atomic E-state index is 0.152. The number of aromatic nitrogens is 1. The first-order valence-electron chi connectivity index (χ1n) is 11.8. The van der Waals surface area contributed by atoms with Crippen LogP contribution in [0.3, 0.4) is 0 Å². The van der Waals surface area contributed by atoms with E-state index in [1.807, 2.05) is 36.4 Å². The van der Waals surface area contributed by atoms with E-state index in [0.29, 0.717) is 0 Å². The second kappa shape index (κ2) is 8.80. The summed E-state index contributed by atoms with van der Waals surface area (Å²) < 4.78 is 0. The zero-order valence-electron chi connectivity index (χ0n) is 18.5. The van der Waals surface area contributed by atoms with E-state index in [1.54, 1.807) is 0 Å². The number of nitriles is 1. The predicted octanol–water partition coefficient (Wildman–Crippen LogP) is 5.38. The van der Waals surface area contributed by atoms with Gasteiger partial charge in [-0.05, 0) is 61.6 Å². The Morgan fingerprint density at radius 1 is 1.12 bits per heavy atom. The van der Waals surface area contributed by atoms with Crippen LogP contribution in [0.15, 0.2) is 48.5 Å². The molecule has 2 aromatic carbocycles. The Bertz CT molecular complexity index is 1130. The Morgan fingerprint density at radius 3 is 2.78 bits per heavy atom. The van der Waals surface area contributed by atoms with Crippen molar-refractivity contribution >= 4 is 22.6 Å². The van der Waals surface area contributed by atoms with Crippen LogP contribution in [0.4, 0.5) is 5.82 Å². The molecule has 0 spiro atoms. The summed E-state index contributed by atoms with van der Waals surface area (Å²) in [5.74, 6) is 0.936. The molecule has 5 heteroatoms. The molecule has 1 aromatic heterocycles. The number of carbonyl (C=O) groups excluding carboxylic acids is 1. The van der Waals surface area contributed by atoms with Gasteiger partial charge in [-0.2, -0.15) is 5.26 Å². The van der Waals surface area contributed by atoms with E-state index >= 15 is 0 Å². The lowest BCUT2D eigenvalue weighted by Gasteiger charge is -2.38. The summed E-state index contributed by atoms with van der Waals surface area (Å²) >= 11 is 0. The van der Waals surface area contributed by atoms with Crippen molar-refractivity contribution in [3.63, 3.8) is 0 Å². The van der Waals surface area contributed by atoms with Crippen molar-refractivity contribution in [2.45, 2.75) is 51.5 Å². The van der Waals surface area contributed by atoms with Crippen molar-refractivity contribution in [2.24, 2.45) is 5.41 Å². The lowest BCUT2D eigenvalue weighted by atomic mass is 9.71. The SMILES string of the molecule is N#Cc1cccc2c1CN(CCC1(C(=O)Nc3cc4ccccc4[nH]3)CCCCC1)CC2. The number of H-pyrrole nitrogens is 1. The van der Waals surface area contributed by atoms with Gasteiger partial charge in [-0.3, -0.25) is 9.69 Å². The maximum atomic E-state index is 13.5. The van der Waals surface area contributed by atoms with Crippen molar-refractivity contribution < 1.29 is 4.79 Å². The highest BCUT2D eigenvalue weighted by Gasteiger charge is 2.39. The van der Waals surface area contributed by atoms with Crippen molar-refractivity contribution in [1.82, 2.24) is 9.88 Å². The van der Waals surface area contributed by atoms with Crippen LogP contribution >= 0.6 is 0 Å². The second-order valence-electron chi connectivity index (χ2n) is 9.40. The van der Waals surface area contributed by atoms with Gasteiger partial charge in [0.05, 0.1) is 17.0 Å². The molecule has 1 aliphatic carbocycles. The van der Waals surface area contributed by atoms with Crippen molar-refractivity contribution in [3.05, 3.63) is 65.2 Å². The van der Waals surface area contributed by atoms with Gasteiger partial charge in [0.25, 0.3) is 0 Å². The monoisotopic (exact) mass is 426 g/mol. The summed E-state index contributed by atoms with van der Waals surface area (Å²) in [4.78, 5) is 19.3.